The van der Waals surface area contributed by atoms with Crippen LogP contribution in [0.3, 0.4) is 0 Å². The highest BCUT2D eigenvalue weighted by Crippen LogP contribution is 2.33. The van der Waals surface area contributed by atoms with E-state index in [0.717, 1.165) is 28.7 Å². The predicted octanol–water partition coefficient (Wildman–Crippen LogP) is 4.26. The maximum Gasteiger partial charge on any atom is 0.219 e. The van der Waals surface area contributed by atoms with E-state index in [4.69, 9.17) is 11.6 Å². The van der Waals surface area contributed by atoms with Crippen molar-refractivity contribution >= 4 is 11.6 Å². The molecule has 206 valence electrons. The molecule has 5 heterocycles. The van der Waals surface area contributed by atoms with Crippen molar-refractivity contribution in [2.24, 2.45) is 0 Å². The number of nitrogens with zero attached hydrogens (tertiary/aromatic N) is 10. The Labute approximate surface area is 236 Å². The molecule has 0 aliphatic carbocycles. The van der Waals surface area contributed by atoms with Gasteiger partial charge in [0.2, 0.25) is 5.69 Å². The minimum Gasteiger partial charge on any atom is -0.618 e. The van der Waals surface area contributed by atoms with Crippen LogP contribution in [0.4, 0.5) is 8.78 Å². The number of hydrogen-bond acceptors (Lipinski definition) is 7. The van der Waals surface area contributed by atoms with Gasteiger partial charge in [-0.1, -0.05) is 11.6 Å². The summed E-state index contributed by atoms with van der Waals surface area (Å²) in [6, 6.07) is 9.30. The lowest BCUT2D eigenvalue weighted by molar-refractivity contribution is -0.615. The fourth-order valence-electron chi connectivity index (χ4n) is 4.76. The fourth-order valence-corrected chi connectivity index (χ4v) is 4.92. The molecule has 6 aromatic rings. The molecule has 41 heavy (non-hydrogen) atoms. The number of halogens is 3. The van der Waals surface area contributed by atoms with Crippen molar-refractivity contribution < 1.29 is 13.5 Å². The number of benzene rings is 1. The Hall–Kier alpha value is -5.04. The summed E-state index contributed by atoms with van der Waals surface area (Å²) in [5, 5.41) is 33.1. The summed E-state index contributed by atoms with van der Waals surface area (Å²) in [6.45, 7) is 3.92. The second-order valence-corrected chi connectivity index (χ2v) is 9.83. The summed E-state index contributed by atoms with van der Waals surface area (Å²) in [4.78, 5) is 4.42. The topological polar surface area (TPSA) is 119 Å². The van der Waals surface area contributed by atoms with Gasteiger partial charge in [0, 0.05) is 29.2 Å². The zero-order valence-corrected chi connectivity index (χ0v) is 22.5. The summed E-state index contributed by atoms with van der Waals surface area (Å²) in [5.41, 5.74) is 4.33. The van der Waals surface area contributed by atoms with Crippen LogP contribution < -0.4 is 4.73 Å². The number of aryl methyl sites for hydroxylation is 2. The average Bonchev–Trinajstić information content (AvgIpc) is 3.71. The quantitative estimate of drug-likeness (QED) is 0.206. The average molecular weight is 575 g/mol. The van der Waals surface area contributed by atoms with Crippen molar-refractivity contribution in [3.05, 3.63) is 113 Å². The van der Waals surface area contributed by atoms with Crippen LogP contribution >= 0.6 is 11.6 Å². The van der Waals surface area contributed by atoms with Crippen LogP contribution in [-0.4, -0.2) is 44.8 Å². The summed E-state index contributed by atoms with van der Waals surface area (Å²) >= 11 is 6.09. The molecule has 0 saturated heterocycles. The van der Waals surface area contributed by atoms with E-state index in [0.29, 0.717) is 10.4 Å². The molecule has 1 atom stereocenters. The maximum atomic E-state index is 15.3. The normalized spacial score (nSPS) is 12.1. The van der Waals surface area contributed by atoms with Crippen LogP contribution in [0.1, 0.15) is 23.1 Å². The first-order valence-corrected chi connectivity index (χ1v) is 12.8. The molecule has 1 aromatic carbocycles. The maximum absolute atomic E-state index is 15.3. The predicted molar refractivity (Wildman–Crippen MR) is 144 cm³/mol. The van der Waals surface area contributed by atoms with Crippen LogP contribution in [0.2, 0.25) is 5.02 Å². The van der Waals surface area contributed by atoms with Crippen LogP contribution in [0.5, 0.6) is 0 Å². The Morgan fingerprint density at radius 2 is 1.78 bits per heavy atom. The van der Waals surface area contributed by atoms with Crippen molar-refractivity contribution in [3.63, 3.8) is 0 Å². The Kier molecular flexibility index (Phi) is 6.71. The minimum atomic E-state index is -0.726. The van der Waals surface area contributed by atoms with E-state index < -0.39 is 17.7 Å². The number of hydrogen-bond donors (Lipinski definition) is 0. The first-order chi connectivity index (χ1) is 19.8. The monoisotopic (exact) mass is 574 g/mol. The molecule has 0 amide bonds. The minimum absolute atomic E-state index is 0.0523. The second kappa shape index (κ2) is 10.5. The fraction of sp³-hybridized carbons (Fsp3) is 0.148. The third-order valence-corrected chi connectivity index (χ3v) is 6.83. The Balaban J connectivity index is 1.44. The van der Waals surface area contributed by atoms with Gasteiger partial charge in [-0.05, 0) is 60.2 Å². The van der Waals surface area contributed by atoms with Crippen LogP contribution in [0, 0.1) is 30.7 Å². The van der Waals surface area contributed by atoms with E-state index in [1.807, 2.05) is 26.0 Å². The van der Waals surface area contributed by atoms with Crippen molar-refractivity contribution in [1.29, 1.82) is 0 Å². The first kappa shape index (κ1) is 26.2. The molecule has 0 spiro atoms. The Morgan fingerprint density at radius 3 is 2.46 bits per heavy atom. The summed E-state index contributed by atoms with van der Waals surface area (Å²) in [6.07, 6.45) is 8.37. The van der Waals surface area contributed by atoms with Gasteiger partial charge in [0.05, 0.1) is 47.0 Å². The Bertz CT molecular complexity index is 1850. The lowest BCUT2D eigenvalue weighted by Gasteiger charge is -2.18. The molecule has 14 heteroatoms. The smallest absolute Gasteiger partial charge is 0.219 e. The van der Waals surface area contributed by atoms with Gasteiger partial charge in [-0.25, -0.2) is 8.78 Å². The van der Waals surface area contributed by atoms with Gasteiger partial charge in [-0.2, -0.15) is 19.6 Å². The molecule has 5 aromatic heterocycles. The number of pyridine rings is 2. The molecule has 6 rings (SSSR count). The van der Waals surface area contributed by atoms with E-state index in [2.05, 4.69) is 30.7 Å². The third kappa shape index (κ3) is 5.14. The molecule has 11 nitrogen and oxygen atoms in total. The summed E-state index contributed by atoms with van der Waals surface area (Å²) in [7, 11) is 0. The van der Waals surface area contributed by atoms with Crippen molar-refractivity contribution in [2.45, 2.75) is 26.4 Å². The lowest BCUT2D eigenvalue weighted by Crippen LogP contribution is -2.37. The summed E-state index contributed by atoms with van der Waals surface area (Å²) in [5.74, 6) is -1.24. The van der Waals surface area contributed by atoms with Gasteiger partial charge in [-0.3, -0.25) is 14.3 Å². The third-order valence-electron chi connectivity index (χ3n) is 6.54. The number of tetrazole rings is 1. The van der Waals surface area contributed by atoms with E-state index in [1.54, 1.807) is 35.3 Å². The van der Waals surface area contributed by atoms with E-state index in [1.165, 1.54) is 34.2 Å². The van der Waals surface area contributed by atoms with E-state index in [-0.39, 0.29) is 28.4 Å². The number of rotatable bonds is 7. The Morgan fingerprint density at radius 1 is 0.976 bits per heavy atom. The molecule has 0 saturated carbocycles. The molecule has 0 bridgehead atoms. The van der Waals surface area contributed by atoms with Gasteiger partial charge in [0.15, 0.2) is 23.9 Å². The van der Waals surface area contributed by atoms with E-state index in [9.17, 15) is 9.60 Å². The van der Waals surface area contributed by atoms with Gasteiger partial charge in [0.25, 0.3) is 0 Å². The van der Waals surface area contributed by atoms with Gasteiger partial charge in [-0.15, -0.1) is 5.10 Å². The second-order valence-electron chi connectivity index (χ2n) is 9.42. The van der Waals surface area contributed by atoms with Crippen molar-refractivity contribution in [2.75, 3.05) is 0 Å². The van der Waals surface area contributed by atoms with Crippen molar-refractivity contribution in [1.82, 2.24) is 44.8 Å². The van der Waals surface area contributed by atoms with Crippen LogP contribution in [-0.2, 0) is 6.54 Å². The molecule has 0 radical (unpaired) electrons. The lowest BCUT2D eigenvalue weighted by atomic mass is 10.0. The van der Waals surface area contributed by atoms with Gasteiger partial charge >= 0.3 is 0 Å². The largest absolute Gasteiger partial charge is 0.618 e. The van der Waals surface area contributed by atoms with Gasteiger partial charge in [0.1, 0.15) is 6.33 Å². The highest BCUT2D eigenvalue weighted by atomic mass is 35.5. The standard InChI is InChI=1S/C27H21ClF2N10O/c1-16-7-19(8-17(2)34-16)20-9-33-38(11-20)25(14-37-13-21(29)10-32-37)23-5-3-18(12-40(23)41)26-24(39-15-31-35-36-39)6-4-22(28)27(26)30/h3-13,15,25H,14H2,1-2H3. The molecule has 0 aliphatic heterocycles. The molecule has 0 N–H and O–H groups in total. The molecule has 0 fully saturated rings. The number of aromatic nitrogens is 10. The molecule has 1 unspecified atom stereocenters. The zero-order chi connectivity index (χ0) is 28.7. The van der Waals surface area contributed by atoms with Crippen molar-refractivity contribution in [3.8, 4) is 27.9 Å². The van der Waals surface area contributed by atoms with Crippen LogP contribution in [0.15, 0.2) is 73.7 Å². The zero-order valence-electron chi connectivity index (χ0n) is 21.7. The highest BCUT2D eigenvalue weighted by Gasteiger charge is 2.27. The van der Waals surface area contributed by atoms with Gasteiger partial charge < -0.3 is 5.21 Å². The van der Waals surface area contributed by atoms with Crippen LogP contribution in [0.25, 0.3) is 27.9 Å². The highest BCUT2D eigenvalue weighted by molar-refractivity contribution is 6.31. The molecular formula is C27H21ClF2N10O. The summed E-state index contributed by atoms with van der Waals surface area (Å²) < 4.78 is 34.0. The first-order valence-electron chi connectivity index (χ1n) is 12.4. The molecule has 0 aliphatic rings. The SMILES string of the molecule is Cc1cc(-c2cnn(C(Cn3cc(F)cn3)c3ccc(-c4c(-n5cnnn5)ccc(Cl)c4F)c[n+]3[O-])c2)cc(C)n1. The van der Waals surface area contributed by atoms with E-state index >= 15 is 4.39 Å². The molecular weight excluding hydrogens is 554 g/mol.